The van der Waals surface area contributed by atoms with Gasteiger partial charge in [0.1, 0.15) is 6.04 Å². The topological polar surface area (TPSA) is 71.9 Å². The van der Waals surface area contributed by atoms with Crippen molar-refractivity contribution in [1.82, 2.24) is 9.88 Å². The van der Waals surface area contributed by atoms with Crippen LogP contribution >= 0.6 is 0 Å². The van der Waals surface area contributed by atoms with Crippen LogP contribution in [0.1, 0.15) is 37.1 Å². The zero-order valence-electron chi connectivity index (χ0n) is 15.8. The van der Waals surface area contributed by atoms with Crippen molar-refractivity contribution in [1.29, 1.82) is 0 Å². The van der Waals surface area contributed by atoms with E-state index in [4.69, 9.17) is 9.47 Å². The second-order valence-electron chi connectivity index (χ2n) is 6.62. The second kappa shape index (κ2) is 8.86. The van der Waals surface area contributed by atoms with E-state index in [-0.39, 0.29) is 6.04 Å². The molecular weight excluding hydrogens is 344 g/mol. The van der Waals surface area contributed by atoms with E-state index in [1.165, 1.54) is 0 Å². The number of ether oxygens (including phenoxy) is 2. The fraction of sp³-hybridized carbons (Fsp3) is 0.429. The lowest BCUT2D eigenvalue weighted by molar-refractivity contribution is -0.143. The molecule has 1 aromatic carbocycles. The Labute approximate surface area is 159 Å². The number of nitrogens with zero attached hydrogens (tertiary/aromatic N) is 2. The van der Waals surface area contributed by atoms with E-state index >= 15 is 0 Å². The maximum atomic E-state index is 11.8. The Bertz CT molecular complexity index is 766. The van der Waals surface area contributed by atoms with Crippen LogP contribution in [0.25, 0.3) is 0 Å². The molecule has 27 heavy (non-hydrogen) atoms. The molecule has 0 radical (unpaired) electrons. The summed E-state index contributed by atoms with van der Waals surface area (Å²) in [6.45, 7) is 3.24. The number of benzene rings is 1. The van der Waals surface area contributed by atoms with Gasteiger partial charge in [-0.25, -0.2) is 0 Å². The molecule has 1 aliphatic rings. The molecule has 0 amide bonds. The molecule has 0 spiro atoms. The van der Waals surface area contributed by atoms with Gasteiger partial charge in [-0.1, -0.05) is 12.1 Å². The zero-order chi connectivity index (χ0) is 19.2. The maximum absolute atomic E-state index is 11.8. The third kappa shape index (κ3) is 4.39. The predicted octanol–water partition coefficient (Wildman–Crippen LogP) is 3.32. The van der Waals surface area contributed by atoms with Gasteiger partial charge in [-0.15, -0.1) is 0 Å². The molecule has 2 unspecified atom stereocenters. The largest absolute Gasteiger partial charge is 0.493 e. The first-order valence-corrected chi connectivity index (χ1v) is 9.33. The van der Waals surface area contributed by atoms with Crippen LogP contribution in [0.4, 0.5) is 0 Å². The van der Waals surface area contributed by atoms with Gasteiger partial charge in [0.25, 0.3) is 0 Å². The average molecular weight is 370 g/mol. The molecule has 2 atom stereocenters. The molecule has 1 N–H and O–H groups in total. The molecule has 0 saturated carbocycles. The standard InChI is InChI=1S/C21H26N2O4/c1-3-27-19-10-9-15(13-20(19)26-2)18(14-16-7-4-5-11-22-16)23-12-6-8-17(23)21(24)25/h4-5,7,9-11,13,17-18H,3,6,8,12,14H2,1-2H3,(H,24,25). The van der Waals surface area contributed by atoms with Crippen LogP contribution in [0.3, 0.4) is 0 Å². The summed E-state index contributed by atoms with van der Waals surface area (Å²) in [4.78, 5) is 18.3. The Hall–Kier alpha value is -2.60. The van der Waals surface area contributed by atoms with Gasteiger partial charge in [0.05, 0.1) is 13.7 Å². The Balaban J connectivity index is 1.97. The quantitative estimate of drug-likeness (QED) is 0.769. The Morgan fingerprint density at radius 2 is 2.19 bits per heavy atom. The van der Waals surface area contributed by atoms with Gasteiger partial charge in [-0.05, 0) is 56.1 Å². The van der Waals surface area contributed by atoms with Crippen molar-refractivity contribution in [3.05, 3.63) is 53.9 Å². The highest BCUT2D eigenvalue weighted by molar-refractivity contribution is 5.74. The molecule has 6 heteroatoms. The van der Waals surface area contributed by atoms with Crippen LogP contribution in [-0.2, 0) is 11.2 Å². The summed E-state index contributed by atoms with van der Waals surface area (Å²) >= 11 is 0. The lowest BCUT2D eigenvalue weighted by atomic mass is 9.98. The summed E-state index contributed by atoms with van der Waals surface area (Å²) < 4.78 is 11.1. The number of carboxylic acid groups (broad SMARTS) is 1. The van der Waals surface area contributed by atoms with Gasteiger partial charge < -0.3 is 14.6 Å². The molecule has 1 aliphatic heterocycles. The minimum atomic E-state index is -0.767. The summed E-state index contributed by atoms with van der Waals surface area (Å²) in [6, 6.07) is 11.1. The summed E-state index contributed by atoms with van der Waals surface area (Å²) in [5.74, 6) is 0.583. The Kier molecular flexibility index (Phi) is 6.29. The average Bonchev–Trinajstić information content (AvgIpc) is 3.17. The van der Waals surface area contributed by atoms with Crippen LogP contribution in [0.2, 0.25) is 0 Å². The highest BCUT2D eigenvalue weighted by Gasteiger charge is 2.36. The van der Waals surface area contributed by atoms with E-state index in [0.717, 1.165) is 24.2 Å². The molecule has 1 fully saturated rings. The number of carboxylic acids is 1. The molecule has 2 heterocycles. The van der Waals surface area contributed by atoms with Gasteiger partial charge >= 0.3 is 5.97 Å². The minimum Gasteiger partial charge on any atom is -0.493 e. The van der Waals surface area contributed by atoms with Crippen LogP contribution in [0.15, 0.2) is 42.6 Å². The summed E-state index contributed by atoms with van der Waals surface area (Å²) in [5.41, 5.74) is 1.94. The molecule has 1 saturated heterocycles. The SMILES string of the molecule is CCOc1ccc(C(Cc2ccccn2)N2CCCC2C(=O)O)cc1OC. The number of hydrogen-bond acceptors (Lipinski definition) is 5. The minimum absolute atomic E-state index is 0.0897. The fourth-order valence-corrected chi connectivity index (χ4v) is 3.74. The molecule has 0 bridgehead atoms. The number of aromatic nitrogens is 1. The molecule has 6 nitrogen and oxygen atoms in total. The molecule has 1 aromatic heterocycles. The van der Waals surface area contributed by atoms with Gasteiger partial charge in [-0.3, -0.25) is 14.7 Å². The van der Waals surface area contributed by atoms with E-state index in [0.29, 0.717) is 30.9 Å². The van der Waals surface area contributed by atoms with Crippen molar-refractivity contribution in [3.63, 3.8) is 0 Å². The first-order valence-electron chi connectivity index (χ1n) is 9.33. The maximum Gasteiger partial charge on any atom is 0.320 e. The molecule has 3 rings (SSSR count). The summed E-state index contributed by atoms with van der Waals surface area (Å²) in [5, 5.41) is 9.66. The number of carbonyl (C=O) groups is 1. The van der Waals surface area contributed by atoms with Crippen LogP contribution in [0.5, 0.6) is 11.5 Å². The van der Waals surface area contributed by atoms with Crippen molar-refractivity contribution in [2.75, 3.05) is 20.3 Å². The van der Waals surface area contributed by atoms with Crippen molar-refractivity contribution in [2.24, 2.45) is 0 Å². The Morgan fingerprint density at radius 1 is 1.33 bits per heavy atom. The lowest BCUT2D eigenvalue weighted by Crippen LogP contribution is -2.39. The van der Waals surface area contributed by atoms with E-state index in [9.17, 15) is 9.90 Å². The van der Waals surface area contributed by atoms with Gasteiger partial charge in [-0.2, -0.15) is 0 Å². The van der Waals surface area contributed by atoms with Gasteiger partial charge in [0, 0.05) is 24.4 Å². The molecular formula is C21H26N2O4. The third-order valence-corrected chi connectivity index (χ3v) is 4.98. The molecule has 0 aliphatic carbocycles. The van der Waals surface area contributed by atoms with Crippen LogP contribution < -0.4 is 9.47 Å². The van der Waals surface area contributed by atoms with E-state index < -0.39 is 12.0 Å². The monoisotopic (exact) mass is 370 g/mol. The normalized spacial score (nSPS) is 18.2. The highest BCUT2D eigenvalue weighted by Crippen LogP contribution is 2.36. The van der Waals surface area contributed by atoms with E-state index in [1.54, 1.807) is 13.3 Å². The molecule has 144 valence electrons. The first-order chi connectivity index (χ1) is 13.1. The van der Waals surface area contributed by atoms with Crippen molar-refractivity contribution >= 4 is 5.97 Å². The number of likely N-dealkylation sites (tertiary alicyclic amines) is 1. The number of rotatable bonds is 8. The summed E-state index contributed by atoms with van der Waals surface area (Å²) in [7, 11) is 1.62. The first kappa shape index (κ1) is 19.2. The third-order valence-electron chi connectivity index (χ3n) is 4.98. The highest BCUT2D eigenvalue weighted by atomic mass is 16.5. The van der Waals surface area contributed by atoms with E-state index in [1.807, 2.05) is 43.3 Å². The van der Waals surface area contributed by atoms with Crippen molar-refractivity contribution in [2.45, 2.75) is 38.3 Å². The zero-order valence-corrected chi connectivity index (χ0v) is 15.8. The summed E-state index contributed by atoms with van der Waals surface area (Å²) in [6.07, 6.45) is 3.96. The fourth-order valence-electron chi connectivity index (χ4n) is 3.74. The van der Waals surface area contributed by atoms with Crippen LogP contribution in [-0.4, -0.2) is 47.3 Å². The second-order valence-corrected chi connectivity index (χ2v) is 6.62. The van der Waals surface area contributed by atoms with Crippen molar-refractivity contribution in [3.8, 4) is 11.5 Å². The molecule has 2 aromatic rings. The number of hydrogen-bond donors (Lipinski definition) is 1. The number of pyridine rings is 1. The van der Waals surface area contributed by atoms with Gasteiger partial charge in [0.15, 0.2) is 11.5 Å². The predicted molar refractivity (Wildman–Crippen MR) is 102 cm³/mol. The number of methoxy groups -OCH3 is 1. The van der Waals surface area contributed by atoms with Crippen LogP contribution in [0, 0.1) is 0 Å². The smallest absolute Gasteiger partial charge is 0.320 e. The Morgan fingerprint density at radius 3 is 2.85 bits per heavy atom. The lowest BCUT2D eigenvalue weighted by Gasteiger charge is -2.32. The van der Waals surface area contributed by atoms with Crippen molar-refractivity contribution < 1.29 is 19.4 Å². The number of aliphatic carboxylic acids is 1. The van der Waals surface area contributed by atoms with Gasteiger partial charge in [0.2, 0.25) is 0 Å². The van der Waals surface area contributed by atoms with E-state index in [2.05, 4.69) is 9.88 Å².